The van der Waals surface area contributed by atoms with Crippen molar-refractivity contribution in [2.45, 2.75) is 44.2 Å². The van der Waals surface area contributed by atoms with Gasteiger partial charge in [0.05, 0.1) is 0 Å². The van der Waals surface area contributed by atoms with Gasteiger partial charge in [-0.15, -0.1) is 0 Å². The average molecular weight is 226 g/mol. The van der Waals surface area contributed by atoms with Gasteiger partial charge in [0, 0.05) is 0 Å². The van der Waals surface area contributed by atoms with Crippen LogP contribution in [0.25, 0.3) is 0 Å². The van der Waals surface area contributed by atoms with Gasteiger partial charge in [-0.3, -0.25) is 0 Å². The second kappa shape index (κ2) is 4.35. The average Bonchev–Trinajstić information content (AvgIpc) is 1.97. The molecule has 2 atom stereocenters. The number of halogens is 7. The molecule has 0 fully saturated rings. The molecule has 0 aliphatic heterocycles. The first-order valence-corrected chi connectivity index (χ1v) is 3.83. The Kier molecular flexibility index (Phi) is 4.20. The molecule has 86 valence electrons. The Labute approximate surface area is 76.1 Å². The van der Waals surface area contributed by atoms with Crippen molar-refractivity contribution >= 4 is 0 Å². The fourth-order valence-electron chi connectivity index (χ4n) is 0.836. The second-order valence-electron chi connectivity index (χ2n) is 2.88. The molecule has 0 aliphatic carbocycles. The molecular formula is C7H9F7. The molecule has 7 heteroatoms. The molecule has 0 saturated carbocycles. The quantitative estimate of drug-likeness (QED) is 0.641. The summed E-state index contributed by atoms with van der Waals surface area (Å²) in [5, 5.41) is 0. The van der Waals surface area contributed by atoms with Crippen LogP contribution in [0.4, 0.5) is 30.7 Å². The highest BCUT2D eigenvalue weighted by Gasteiger charge is 2.52. The summed E-state index contributed by atoms with van der Waals surface area (Å²) in [5.74, 6) is -4.70. The first kappa shape index (κ1) is 13.5. The Morgan fingerprint density at radius 1 is 1.00 bits per heavy atom. The Morgan fingerprint density at radius 3 is 1.71 bits per heavy atom. The molecule has 14 heavy (non-hydrogen) atoms. The molecule has 0 radical (unpaired) electrons. The lowest BCUT2D eigenvalue weighted by Gasteiger charge is -2.23. The summed E-state index contributed by atoms with van der Waals surface area (Å²) in [6.07, 6.45) is -14.4. The molecule has 0 aromatic rings. The molecule has 1 unspecified atom stereocenters. The first-order valence-electron chi connectivity index (χ1n) is 3.83. The molecule has 0 rings (SSSR count). The van der Waals surface area contributed by atoms with Crippen LogP contribution in [0, 0.1) is 0 Å². The van der Waals surface area contributed by atoms with E-state index in [1.807, 2.05) is 0 Å². The highest BCUT2D eigenvalue weighted by molar-refractivity contribution is 4.84. The van der Waals surface area contributed by atoms with Crippen LogP contribution < -0.4 is 0 Å². The van der Waals surface area contributed by atoms with Crippen molar-refractivity contribution in [1.82, 2.24) is 0 Å². The number of rotatable bonds is 4. The van der Waals surface area contributed by atoms with Gasteiger partial charge in [-0.2, -0.15) is 13.2 Å². The lowest BCUT2D eigenvalue weighted by atomic mass is 10.0. The zero-order valence-corrected chi connectivity index (χ0v) is 7.21. The van der Waals surface area contributed by atoms with Crippen molar-refractivity contribution < 1.29 is 30.7 Å². The Hall–Kier alpha value is -0.490. The van der Waals surface area contributed by atoms with E-state index in [0.717, 1.165) is 6.92 Å². The van der Waals surface area contributed by atoms with Gasteiger partial charge < -0.3 is 0 Å². The molecule has 0 aliphatic rings. The third-order valence-electron chi connectivity index (χ3n) is 1.55. The highest BCUT2D eigenvalue weighted by Crippen LogP contribution is 2.37. The Balaban J connectivity index is 4.45. The van der Waals surface area contributed by atoms with Gasteiger partial charge in [0.15, 0.2) is 6.17 Å². The summed E-state index contributed by atoms with van der Waals surface area (Å²) in [6.45, 7) is 1.07. The normalized spacial score (nSPS) is 18.0. The maximum atomic E-state index is 12.5. The summed E-state index contributed by atoms with van der Waals surface area (Å²) in [7, 11) is 0. The monoisotopic (exact) mass is 226 g/mol. The largest absolute Gasteiger partial charge is 0.394 e. The van der Waals surface area contributed by atoms with Crippen molar-refractivity contribution in [3.8, 4) is 0 Å². The van der Waals surface area contributed by atoms with Crippen LogP contribution in [0.3, 0.4) is 0 Å². The second-order valence-corrected chi connectivity index (χ2v) is 2.88. The van der Waals surface area contributed by atoms with Crippen LogP contribution in [-0.2, 0) is 0 Å². The van der Waals surface area contributed by atoms with Crippen LogP contribution >= 0.6 is 0 Å². The summed E-state index contributed by atoms with van der Waals surface area (Å²) >= 11 is 0. The molecule has 0 aromatic heterocycles. The van der Waals surface area contributed by atoms with E-state index >= 15 is 0 Å². The smallest absolute Gasteiger partial charge is 0.244 e. The lowest BCUT2D eigenvalue weighted by molar-refractivity contribution is -0.211. The van der Waals surface area contributed by atoms with Crippen LogP contribution in [-0.4, -0.2) is 24.4 Å². The van der Waals surface area contributed by atoms with E-state index in [0.29, 0.717) is 0 Å². The molecule has 0 amide bonds. The predicted octanol–water partition coefficient (Wildman–Crippen LogP) is 3.66. The topological polar surface area (TPSA) is 0 Å². The first-order chi connectivity index (χ1) is 6.10. The third-order valence-corrected chi connectivity index (χ3v) is 1.55. The number of hydrogen-bond donors (Lipinski definition) is 0. The molecule has 0 aromatic carbocycles. The van der Waals surface area contributed by atoms with E-state index in [1.165, 1.54) is 0 Å². The van der Waals surface area contributed by atoms with Gasteiger partial charge in [0.1, 0.15) is 12.6 Å². The molecule has 0 N–H and O–H groups in total. The maximum Gasteiger partial charge on any atom is 0.394 e. The van der Waals surface area contributed by atoms with Gasteiger partial charge in [-0.05, 0) is 6.42 Å². The fraction of sp³-hybridized carbons (Fsp3) is 1.00. The fourth-order valence-corrected chi connectivity index (χ4v) is 0.836. The van der Waals surface area contributed by atoms with Gasteiger partial charge in [-0.1, -0.05) is 6.92 Å². The molecule has 0 bridgehead atoms. The molecular weight excluding hydrogens is 217 g/mol. The maximum absolute atomic E-state index is 12.5. The van der Waals surface area contributed by atoms with Crippen LogP contribution in [0.2, 0.25) is 0 Å². The van der Waals surface area contributed by atoms with E-state index in [1.54, 1.807) is 0 Å². The predicted molar refractivity (Wildman–Crippen MR) is 35.7 cm³/mol. The van der Waals surface area contributed by atoms with Gasteiger partial charge in [-0.25, -0.2) is 17.6 Å². The van der Waals surface area contributed by atoms with E-state index in [-0.39, 0.29) is 0 Å². The number of hydrogen-bond acceptors (Lipinski definition) is 0. The molecule has 0 spiro atoms. The number of alkyl halides is 7. The van der Waals surface area contributed by atoms with Crippen molar-refractivity contribution in [3.63, 3.8) is 0 Å². The van der Waals surface area contributed by atoms with E-state index in [2.05, 4.69) is 0 Å². The van der Waals surface area contributed by atoms with Crippen molar-refractivity contribution in [2.24, 2.45) is 0 Å². The highest BCUT2D eigenvalue weighted by atomic mass is 19.4. The van der Waals surface area contributed by atoms with Crippen molar-refractivity contribution in [3.05, 3.63) is 0 Å². The van der Waals surface area contributed by atoms with Crippen LogP contribution in [0.1, 0.15) is 19.8 Å². The molecule has 0 nitrogen and oxygen atoms in total. The summed E-state index contributed by atoms with van der Waals surface area (Å²) in [4.78, 5) is 0. The zero-order valence-electron chi connectivity index (χ0n) is 7.21. The third kappa shape index (κ3) is 4.15. The minimum absolute atomic E-state index is 0.589. The summed E-state index contributed by atoms with van der Waals surface area (Å²) in [5.41, 5.74) is 0. The summed E-state index contributed by atoms with van der Waals surface area (Å²) < 4.78 is 84.2. The Morgan fingerprint density at radius 2 is 1.43 bits per heavy atom. The van der Waals surface area contributed by atoms with Gasteiger partial charge >= 0.3 is 6.18 Å². The van der Waals surface area contributed by atoms with E-state index in [4.69, 9.17) is 0 Å². The molecule has 0 saturated heterocycles. The van der Waals surface area contributed by atoms with E-state index < -0.39 is 37.3 Å². The van der Waals surface area contributed by atoms with Gasteiger partial charge in [0.25, 0.3) is 5.92 Å². The summed E-state index contributed by atoms with van der Waals surface area (Å²) in [6, 6.07) is 0. The van der Waals surface area contributed by atoms with Crippen LogP contribution in [0.15, 0.2) is 0 Å². The zero-order chi connectivity index (χ0) is 11.6. The molecule has 0 heterocycles. The van der Waals surface area contributed by atoms with Crippen molar-refractivity contribution in [2.75, 3.05) is 0 Å². The van der Waals surface area contributed by atoms with E-state index in [9.17, 15) is 30.7 Å². The lowest BCUT2D eigenvalue weighted by Crippen LogP contribution is -2.40. The van der Waals surface area contributed by atoms with Crippen LogP contribution in [0.5, 0.6) is 0 Å². The SMILES string of the molecule is CCC(F)[C@H](F)C(F)(F)CC(F)(F)F. The Bertz CT molecular complexity index is 173. The van der Waals surface area contributed by atoms with Gasteiger partial charge in [0.2, 0.25) is 0 Å². The minimum Gasteiger partial charge on any atom is -0.244 e. The van der Waals surface area contributed by atoms with Crippen molar-refractivity contribution in [1.29, 1.82) is 0 Å². The standard InChI is InChI=1S/C7H9F7/c1-2-4(8)5(9)6(10,11)3-7(12,13)14/h4-5H,2-3H2,1H3/t4?,5-/m0/s1. The minimum atomic E-state index is -5.21.